The lowest BCUT2D eigenvalue weighted by atomic mass is 9.93. The number of piperidine rings is 1. The van der Waals surface area contributed by atoms with Gasteiger partial charge in [0.1, 0.15) is 0 Å². The molecule has 3 rings (SSSR count). The second-order valence-electron chi connectivity index (χ2n) is 7.29. The summed E-state index contributed by atoms with van der Waals surface area (Å²) in [4.78, 5) is 28.4. The van der Waals surface area contributed by atoms with E-state index in [-0.39, 0.29) is 23.5 Å². The molecule has 1 unspecified atom stereocenters. The Morgan fingerprint density at radius 2 is 2.07 bits per heavy atom. The van der Waals surface area contributed by atoms with Crippen molar-refractivity contribution in [1.29, 1.82) is 0 Å². The van der Waals surface area contributed by atoms with Gasteiger partial charge in [-0.05, 0) is 49.5 Å². The van der Waals surface area contributed by atoms with E-state index in [2.05, 4.69) is 11.3 Å². The second kappa shape index (κ2) is 8.34. The number of benzene rings is 1. The molecule has 0 aromatic heterocycles. The number of hydrogen-bond acceptors (Lipinski definition) is 4. The van der Waals surface area contributed by atoms with E-state index in [1.54, 1.807) is 17.9 Å². The molecule has 1 N–H and O–H groups in total. The Morgan fingerprint density at radius 1 is 1.29 bits per heavy atom. The number of sulfonamides is 1. The molecule has 1 atom stereocenters. The normalized spacial score (nSPS) is 19.7. The van der Waals surface area contributed by atoms with Gasteiger partial charge in [-0.25, -0.2) is 8.42 Å². The molecule has 0 aliphatic carbocycles. The molecule has 1 aromatic carbocycles. The fourth-order valence-corrected chi connectivity index (χ4v) is 4.57. The molecule has 0 spiro atoms. The summed E-state index contributed by atoms with van der Waals surface area (Å²) in [6.45, 7) is 7.23. The Bertz CT molecular complexity index is 881. The fourth-order valence-electron chi connectivity index (χ4n) is 3.90. The Kier molecular flexibility index (Phi) is 6.07. The van der Waals surface area contributed by atoms with Gasteiger partial charge in [-0.15, -0.1) is 0 Å². The molecule has 152 valence electrons. The van der Waals surface area contributed by atoms with E-state index in [1.807, 2.05) is 17.0 Å². The number of nitrogens with zero attached hydrogens (tertiary/aromatic N) is 2. The van der Waals surface area contributed by atoms with Crippen LogP contribution < -0.4 is 4.72 Å². The van der Waals surface area contributed by atoms with Gasteiger partial charge in [0.05, 0.1) is 17.4 Å². The van der Waals surface area contributed by atoms with Crippen LogP contribution in [0.4, 0.5) is 5.69 Å². The first kappa shape index (κ1) is 20.4. The summed E-state index contributed by atoms with van der Waals surface area (Å²) in [5.41, 5.74) is 2.52. The number of likely N-dealkylation sites (tertiary alicyclic amines) is 1. The van der Waals surface area contributed by atoms with E-state index in [0.717, 1.165) is 24.0 Å². The van der Waals surface area contributed by atoms with Gasteiger partial charge in [-0.1, -0.05) is 18.7 Å². The van der Waals surface area contributed by atoms with E-state index < -0.39 is 10.0 Å². The maximum Gasteiger partial charge on any atom is 0.245 e. The van der Waals surface area contributed by atoms with E-state index in [1.165, 1.54) is 6.08 Å². The molecule has 1 fully saturated rings. The smallest absolute Gasteiger partial charge is 0.245 e. The minimum Gasteiger partial charge on any atom is -0.338 e. The van der Waals surface area contributed by atoms with Gasteiger partial charge in [0, 0.05) is 26.2 Å². The van der Waals surface area contributed by atoms with E-state index >= 15 is 0 Å². The van der Waals surface area contributed by atoms with Crippen molar-refractivity contribution in [3.8, 4) is 0 Å². The molecule has 2 amide bonds. The van der Waals surface area contributed by atoms with Gasteiger partial charge in [0.2, 0.25) is 21.8 Å². The third kappa shape index (κ3) is 4.38. The zero-order valence-electron chi connectivity index (χ0n) is 16.2. The number of carbonyl (C=O) groups excluding carboxylic acids is 2. The van der Waals surface area contributed by atoms with Gasteiger partial charge >= 0.3 is 0 Å². The summed E-state index contributed by atoms with van der Waals surface area (Å²) >= 11 is 0. The fraction of sp³-hybridized carbons (Fsp3) is 0.500. The summed E-state index contributed by atoms with van der Waals surface area (Å²) in [5.74, 6) is -0.245. The van der Waals surface area contributed by atoms with Crippen molar-refractivity contribution in [1.82, 2.24) is 9.80 Å². The Morgan fingerprint density at radius 3 is 2.79 bits per heavy atom. The lowest BCUT2D eigenvalue weighted by Gasteiger charge is -2.36. The molecule has 28 heavy (non-hydrogen) atoms. The molecule has 7 nitrogen and oxygen atoms in total. The molecular formula is C20H27N3O4S. The first-order valence-electron chi connectivity index (χ1n) is 9.66. The third-order valence-electron chi connectivity index (χ3n) is 5.48. The van der Waals surface area contributed by atoms with Crippen LogP contribution in [0.5, 0.6) is 0 Å². The number of hydrogen-bond donors (Lipinski definition) is 1. The summed E-state index contributed by atoms with van der Waals surface area (Å²) in [6.07, 6.45) is 3.48. The SMILES string of the molecule is C=CC(=O)N1CCCC(C(=O)N2CCc3c(cccc3NS(=O)(=O)CC)C2)C1. The lowest BCUT2D eigenvalue weighted by Crippen LogP contribution is -2.47. The third-order valence-corrected chi connectivity index (χ3v) is 6.77. The Balaban J connectivity index is 1.72. The topological polar surface area (TPSA) is 86.8 Å². The largest absolute Gasteiger partial charge is 0.338 e. The van der Waals surface area contributed by atoms with Crippen LogP contribution in [0.25, 0.3) is 0 Å². The van der Waals surface area contributed by atoms with Crippen molar-refractivity contribution < 1.29 is 18.0 Å². The average Bonchev–Trinajstić information content (AvgIpc) is 2.72. The van der Waals surface area contributed by atoms with Gasteiger partial charge in [-0.3, -0.25) is 14.3 Å². The molecule has 0 bridgehead atoms. The van der Waals surface area contributed by atoms with Crippen molar-refractivity contribution in [2.24, 2.45) is 5.92 Å². The number of carbonyl (C=O) groups is 2. The number of fused-ring (bicyclic) bond motifs is 1. The van der Waals surface area contributed by atoms with Crippen molar-refractivity contribution >= 4 is 27.5 Å². The molecule has 2 heterocycles. The highest BCUT2D eigenvalue weighted by Gasteiger charge is 2.32. The zero-order chi connectivity index (χ0) is 20.3. The molecule has 1 saturated heterocycles. The van der Waals surface area contributed by atoms with Crippen LogP contribution >= 0.6 is 0 Å². The maximum absolute atomic E-state index is 13.0. The first-order chi connectivity index (χ1) is 13.3. The molecule has 0 radical (unpaired) electrons. The van der Waals surface area contributed by atoms with Crippen LogP contribution in [0, 0.1) is 5.92 Å². The molecule has 1 aromatic rings. The summed E-state index contributed by atoms with van der Waals surface area (Å²) in [5, 5.41) is 0. The van der Waals surface area contributed by atoms with Gasteiger partial charge in [0.15, 0.2) is 0 Å². The second-order valence-corrected chi connectivity index (χ2v) is 9.30. The average molecular weight is 406 g/mol. The minimum atomic E-state index is -3.35. The summed E-state index contributed by atoms with van der Waals surface area (Å²) in [7, 11) is -3.35. The molecular weight excluding hydrogens is 378 g/mol. The van der Waals surface area contributed by atoms with Crippen LogP contribution in [-0.2, 0) is 32.6 Å². The standard InChI is InChI=1S/C20H27N3O4S/c1-3-19(24)22-11-6-8-16(14-22)20(25)23-12-10-17-15(13-23)7-5-9-18(17)21-28(26,27)4-2/h3,5,7,9,16,21H,1,4,6,8,10-14H2,2H3. The van der Waals surface area contributed by atoms with Crippen molar-refractivity contribution in [3.63, 3.8) is 0 Å². The highest BCUT2D eigenvalue weighted by molar-refractivity contribution is 7.92. The van der Waals surface area contributed by atoms with Gasteiger partial charge < -0.3 is 9.80 Å². The molecule has 2 aliphatic rings. The predicted octanol–water partition coefficient (Wildman–Crippen LogP) is 1.76. The van der Waals surface area contributed by atoms with E-state index in [0.29, 0.717) is 38.3 Å². The number of rotatable bonds is 5. The first-order valence-corrected chi connectivity index (χ1v) is 11.3. The molecule has 0 saturated carbocycles. The summed E-state index contributed by atoms with van der Waals surface area (Å²) in [6, 6.07) is 5.52. The van der Waals surface area contributed by atoms with Crippen molar-refractivity contribution in [2.75, 3.05) is 30.1 Å². The molecule has 2 aliphatic heterocycles. The monoisotopic (exact) mass is 405 g/mol. The molecule has 8 heteroatoms. The van der Waals surface area contributed by atoms with Crippen LogP contribution in [-0.4, -0.2) is 55.4 Å². The predicted molar refractivity (Wildman–Crippen MR) is 108 cm³/mol. The van der Waals surface area contributed by atoms with E-state index in [9.17, 15) is 18.0 Å². The zero-order valence-corrected chi connectivity index (χ0v) is 17.0. The summed E-state index contributed by atoms with van der Waals surface area (Å²) < 4.78 is 26.5. The van der Waals surface area contributed by atoms with Crippen LogP contribution in [0.2, 0.25) is 0 Å². The highest BCUT2D eigenvalue weighted by atomic mass is 32.2. The van der Waals surface area contributed by atoms with Crippen molar-refractivity contribution in [2.45, 2.75) is 32.7 Å². The van der Waals surface area contributed by atoms with Crippen LogP contribution in [0.3, 0.4) is 0 Å². The van der Waals surface area contributed by atoms with Gasteiger partial charge in [-0.2, -0.15) is 0 Å². The Labute approximate surface area is 166 Å². The van der Waals surface area contributed by atoms with Crippen molar-refractivity contribution in [3.05, 3.63) is 42.0 Å². The Hall–Kier alpha value is -2.35. The van der Waals surface area contributed by atoms with Crippen LogP contribution in [0.15, 0.2) is 30.9 Å². The number of amides is 2. The highest BCUT2D eigenvalue weighted by Crippen LogP contribution is 2.29. The number of anilines is 1. The quantitative estimate of drug-likeness (QED) is 0.756. The lowest BCUT2D eigenvalue weighted by molar-refractivity contribution is -0.140. The van der Waals surface area contributed by atoms with Gasteiger partial charge in [0.25, 0.3) is 0 Å². The van der Waals surface area contributed by atoms with Crippen LogP contribution in [0.1, 0.15) is 30.9 Å². The number of nitrogens with one attached hydrogen (secondary N) is 1. The maximum atomic E-state index is 13.0. The van der Waals surface area contributed by atoms with E-state index in [4.69, 9.17) is 0 Å². The minimum absolute atomic E-state index is 0.0168.